The summed E-state index contributed by atoms with van der Waals surface area (Å²) in [7, 11) is -1.76. The van der Waals surface area contributed by atoms with Crippen molar-refractivity contribution in [2.45, 2.75) is 56.1 Å². The highest BCUT2D eigenvalue weighted by atomic mass is 35.5. The zero-order chi connectivity index (χ0) is 31.0. The van der Waals surface area contributed by atoms with E-state index in [4.69, 9.17) is 16.3 Å². The Morgan fingerprint density at radius 3 is 2.30 bits per heavy atom. The number of carbonyl (C=O) groups is 2. The summed E-state index contributed by atoms with van der Waals surface area (Å²) in [5.41, 5.74) is 2.62. The van der Waals surface area contributed by atoms with Crippen LogP contribution in [0.3, 0.4) is 0 Å². The van der Waals surface area contributed by atoms with Crippen LogP contribution in [-0.2, 0) is 24.2 Å². The molecule has 2 aromatic rings. The van der Waals surface area contributed by atoms with Crippen molar-refractivity contribution in [1.29, 1.82) is 0 Å². The number of carbonyl (C=O) groups excluding carboxylic acids is 2. The molecule has 0 atom stereocenters. The SMILES string of the molecule is COCCNc1ccc(S(=O)(=O)C2CCN(CCCN(C(=O)C3CCN(C(C)=O)CC3)c3ccc(C)c(Cl)c3)CC2)cc1. The Morgan fingerprint density at radius 2 is 1.70 bits per heavy atom. The summed E-state index contributed by atoms with van der Waals surface area (Å²) < 4.78 is 31.7. The molecule has 11 heteroatoms. The maximum atomic E-state index is 13.7. The summed E-state index contributed by atoms with van der Waals surface area (Å²) in [6, 6.07) is 12.7. The van der Waals surface area contributed by atoms with Gasteiger partial charge in [-0.1, -0.05) is 17.7 Å². The lowest BCUT2D eigenvalue weighted by molar-refractivity contribution is -0.133. The fraction of sp³-hybridized carbons (Fsp3) is 0.562. The van der Waals surface area contributed by atoms with E-state index in [0.717, 1.165) is 29.9 Å². The normalized spacial score (nSPS) is 17.2. The molecule has 4 rings (SSSR count). The summed E-state index contributed by atoms with van der Waals surface area (Å²) >= 11 is 6.44. The van der Waals surface area contributed by atoms with E-state index < -0.39 is 15.1 Å². The molecular formula is C32H45ClN4O5S. The van der Waals surface area contributed by atoms with Gasteiger partial charge in [0.2, 0.25) is 11.8 Å². The number of sulfone groups is 1. The monoisotopic (exact) mass is 632 g/mol. The van der Waals surface area contributed by atoms with E-state index in [9.17, 15) is 18.0 Å². The average Bonchev–Trinajstić information content (AvgIpc) is 3.01. The molecule has 0 bridgehead atoms. The van der Waals surface area contributed by atoms with Crippen LogP contribution in [0.2, 0.25) is 5.02 Å². The molecule has 2 fully saturated rings. The van der Waals surface area contributed by atoms with Gasteiger partial charge in [-0.2, -0.15) is 0 Å². The molecule has 2 aliphatic heterocycles. The average molecular weight is 633 g/mol. The van der Waals surface area contributed by atoms with E-state index in [2.05, 4.69) is 10.2 Å². The van der Waals surface area contributed by atoms with Crippen LogP contribution in [0.15, 0.2) is 47.4 Å². The second-order valence-corrected chi connectivity index (χ2v) is 14.2. The minimum absolute atomic E-state index is 0.0496. The number of likely N-dealkylation sites (tertiary alicyclic amines) is 2. The third-order valence-corrected chi connectivity index (χ3v) is 11.4. The minimum Gasteiger partial charge on any atom is -0.383 e. The molecule has 0 unspecified atom stereocenters. The predicted octanol–water partition coefficient (Wildman–Crippen LogP) is 4.63. The lowest BCUT2D eigenvalue weighted by Gasteiger charge is -2.35. The van der Waals surface area contributed by atoms with Gasteiger partial charge in [-0.15, -0.1) is 0 Å². The topological polar surface area (TPSA) is 99.3 Å². The van der Waals surface area contributed by atoms with E-state index in [1.54, 1.807) is 43.2 Å². The fourth-order valence-electron chi connectivity index (χ4n) is 5.93. The number of amides is 2. The molecule has 0 saturated carbocycles. The van der Waals surface area contributed by atoms with Gasteiger partial charge in [0.25, 0.3) is 0 Å². The Balaban J connectivity index is 1.31. The Morgan fingerprint density at radius 1 is 1.02 bits per heavy atom. The van der Waals surface area contributed by atoms with E-state index in [-0.39, 0.29) is 17.7 Å². The third kappa shape index (κ3) is 8.71. The van der Waals surface area contributed by atoms with E-state index in [1.165, 1.54) is 0 Å². The summed E-state index contributed by atoms with van der Waals surface area (Å²) in [6.07, 6.45) is 3.24. The van der Waals surface area contributed by atoms with Gasteiger partial charge < -0.3 is 24.8 Å². The van der Waals surface area contributed by atoms with Gasteiger partial charge >= 0.3 is 0 Å². The predicted molar refractivity (Wildman–Crippen MR) is 172 cm³/mol. The molecule has 0 aliphatic carbocycles. The van der Waals surface area contributed by atoms with Crippen molar-refractivity contribution >= 4 is 44.6 Å². The van der Waals surface area contributed by atoms with Gasteiger partial charge in [-0.3, -0.25) is 9.59 Å². The van der Waals surface area contributed by atoms with Crippen LogP contribution in [0.5, 0.6) is 0 Å². The van der Waals surface area contributed by atoms with Gasteiger partial charge in [0.05, 0.1) is 16.8 Å². The van der Waals surface area contributed by atoms with Crippen molar-refractivity contribution in [2.24, 2.45) is 5.92 Å². The van der Waals surface area contributed by atoms with Crippen LogP contribution in [0, 0.1) is 12.8 Å². The molecule has 9 nitrogen and oxygen atoms in total. The van der Waals surface area contributed by atoms with Crippen molar-refractivity contribution in [2.75, 3.05) is 69.7 Å². The first-order chi connectivity index (χ1) is 20.6. The molecule has 2 amide bonds. The quantitative estimate of drug-likeness (QED) is 0.341. The molecular weight excluding hydrogens is 588 g/mol. The number of nitrogens with zero attached hydrogens (tertiary/aromatic N) is 3. The summed E-state index contributed by atoms with van der Waals surface area (Å²) in [4.78, 5) is 31.8. The Kier molecular flexibility index (Phi) is 11.9. The first kappa shape index (κ1) is 33.2. The Labute approximate surface area is 261 Å². The molecule has 0 radical (unpaired) electrons. The molecule has 236 valence electrons. The lowest BCUT2D eigenvalue weighted by Crippen LogP contribution is -2.45. The number of halogens is 1. The van der Waals surface area contributed by atoms with Gasteiger partial charge in [0.15, 0.2) is 9.84 Å². The Hall–Kier alpha value is -2.66. The van der Waals surface area contributed by atoms with Crippen LogP contribution in [-0.4, -0.2) is 94.8 Å². The van der Waals surface area contributed by atoms with Gasteiger partial charge in [0.1, 0.15) is 0 Å². The van der Waals surface area contributed by atoms with E-state index >= 15 is 0 Å². The van der Waals surface area contributed by atoms with Crippen LogP contribution >= 0.6 is 11.6 Å². The largest absolute Gasteiger partial charge is 0.383 e. The van der Waals surface area contributed by atoms with Gasteiger partial charge in [-0.05, 0) is 101 Å². The van der Waals surface area contributed by atoms with Crippen LogP contribution in [0.4, 0.5) is 11.4 Å². The number of piperidine rings is 2. The van der Waals surface area contributed by atoms with E-state index in [1.807, 2.05) is 30.0 Å². The molecule has 2 heterocycles. The van der Waals surface area contributed by atoms with Crippen molar-refractivity contribution in [3.8, 4) is 0 Å². The molecule has 0 spiro atoms. The first-order valence-electron chi connectivity index (χ1n) is 15.2. The van der Waals surface area contributed by atoms with Crippen molar-refractivity contribution in [1.82, 2.24) is 9.80 Å². The maximum Gasteiger partial charge on any atom is 0.230 e. The number of anilines is 2. The van der Waals surface area contributed by atoms with Gasteiger partial charge in [-0.25, -0.2) is 8.42 Å². The number of hydrogen-bond donors (Lipinski definition) is 1. The number of nitrogens with one attached hydrogen (secondary N) is 1. The lowest BCUT2D eigenvalue weighted by atomic mass is 9.94. The smallest absolute Gasteiger partial charge is 0.230 e. The number of benzene rings is 2. The second kappa shape index (κ2) is 15.4. The summed E-state index contributed by atoms with van der Waals surface area (Å²) in [5.74, 6) is -0.00626. The van der Waals surface area contributed by atoms with Crippen molar-refractivity contribution in [3.63, 3.8) is 0 Å². The van der Waals surface area contributed by atoms with Crippen molar-refractivity contribution in [3.05, 3.63) is 53.1 Å². The highest BCUT2D eigenvalue weighted by Crippen LogP contribution is 2.29. The molecule has 1 N–H and O–H groups in total. The summed E-state index contributed by atoms with van der Waals surface area (Å²) in [6.45, 7) is 8.68. The third-order valence-electron chi connectivity index (χ3n) is 8.67. The van der Waals surface area contributed by atoms with Crippen LogP contribution in [0.1, 0.15) is 44.6 Å². The number of rotatable bonds is 12. The number of ether oxygens (including phenoxy) is 1. The number of hydrogen-bond acceptors (Lipinski definition) is 7. The van der Waals surface area contributed by atoms with Crippen LogP contribution < -0.4 is 10.2 Å². The summed E-state index contributed by atoms with van der Waals surface area (Å²) in [5, 5.41) is 3.44. The first-order valence-corrected chi connectivity index (χ1v) is 17.1. The highest BCUT2D eigenvalue weighted by molar-refractivity contribution is 7.92. The maximum absolute atomic E-state index is 13.7. The van der Waals surface area contributed by atoms with E-state index in [0.29, 0.717) is 81.5 Å². The zero-order valence-electron chi connectivity index (χ0n) is 25.6. The fourth-order valence-corrected chi connectivity index (χ4v) is 7.83. The second-order valence-electron chi connectivity index (χ2n) is 11.6. The Bertz CT molecular complexity index is 1340. The minimum atomic E-state index is -3.41. The highest BCUT2D eigenvalue weighted by Gasteiger charge is 2.32. The number of aryl methyl sites for hydroxylation is 1. The molecule has 2 saturated heterocycles. The zero-order valence-corrected chi connectivity index (χ0v) is 27.1. The van der Waals surface area contributed by atoms with Gasteiger partial charge in [0, 0.05) is 62.5 Å². The molecule has 0 aromatic heterocycles. The standard InChI is InChI=1S/C32H45ClN4O5S/c1-24-5-8-28(23-31(24)33)37(32(39)26-11-20-36(21-12-26)25(2)38)17-4-16-35-18-13-30(14-19-35)43(40,41)29-9-6-27(7-10-29)34-15-22-42-3/h5-10,23,26,30,34H,4,11-22H2,1-3H3. The molecule has 43 heavy (non-hydrogen) atoms. The van der Waals surface area contributed by atoms with Crippen LogP contribution in [0.25, 0.3) is 0 Å². The number of methoxy groups -OCH3 is 1. The van der Waals surface area contributed by atoms with Crippen molar-refractivity contribution < 1.29 is 22.7 Å². The molecule has 2 aliphatic rings. The molecule has 2 aromatic carbocycles.